The Bertz CT molecular complexity index is 635. The summed E-state index contributed by atoms with van der Waals surface area (Å²) in [6.07, 6.45) is 5.14. The first-order chi connectivity index (χ1) is 11.3. The zero-order valence-electron chi connectivity index (χ0n) is 13.5. The fraction of sp³-hybridized carbons (Fsp3) is 0.250. The number of hydrogen-bond acceptors (Lipinski definition) is 2. The Hall–Kier alpha value is -2.55. The molecule has 0 radical (unpaired) electrons. The molecule has 3 heteroatoms. The molecule has 0 spiro atoms. The van der Waals surface area contributed by atoms with Crippen LogP contribution in [0.2, 0.25) is 0 Å². The van der Waals surface area contributed by atoms with Gasteiger partial charge in [0.2, 0.25) is 5.91 Å². The molecule has 0 bridgehead atoms. The minimum Gasteiger partial charge on any atom is -0.493 e. The van der Waals surface area contributed by atoms with E-state index in [4.69, 9.17) is 4.74 Å². The van der Waals surface area contributed by atoms with Crippen LogP contribution in [0, 0.1) is 0 Å². The summed E-state index contributed by atoms with van der Waals surface area (Å²) >= 11 is 0. The number of benzene rings is 2. The van der Waals surface area contributed by atoms with E-state index in [1.165, 1.54) is 5.56 Å². The van der Waals surface area contributed by atoms with Crippen molar-refractivity contribution >= 4 is 12.0 Å². The average molecular weight is 309 g/mol. The molecule has 0 saturated carbocycles. The van der Waals surface area contributed by atoms with E-state index in [9.17, 15) is 4.79 Å². The second-order valence-electron chi connectivity index (χ2n) is 5.25. The van der Waals surface area contributed by atoms with Crippen LogP contribution in [-0.2, 0) is 11.2 Å². The molecule has 1 amide bonds. The van der Waals surface area contributed by atoms with Crippen molar-refractivity contribution in [1.82, 2.24) is 5.32 Å². The molecule has 0 fully saturated rings. The molecule has 2 aromatic carbocycles. The van der Waals surface area contributed by atoms with E-state index in [0.29, 0.717) is 13.2 Å². The maximum Gasteiger partial charge on any atom is 0.244 e. The van der Waals surface area contributed by atoms with Gasteiger partial charge >= 0.3 is 0 Å². The van der Waals surface area contributed by atoms with E-state index >= 15 is 0 Å². The minimum atomic E-state index is -0.0915. The minimum absolute atomic E-state index is 0.0915. The van der Waals surface area contributed by atoms with Crippen LogP contribution >= 0.6 is 0 Å². The second-order valence-corrected chi connectivity index (χ2v) is 5.25. The van der Waals surface area contributed by atoms with Crippen molar-refractivity contribution in [2.45, 2.75) is 19.8 Å². The zero-order valence-corrected chi connectivity index (χ0v) is 13.5. The summed E-state index contributed by atoms with van der Waals surface area (Å²) < 4.78 is 5.67. The fourth-order valence-corrected chi connectivity index (χ4v) is 2.16. The second kappa shape index (κ2) is 9.46. The molecule has 0 aromatic heterocycles. The van der Waals surface area contributed by atoms with E-state index in [0.717, 1.165) is 24.2 Å². The Morgan fingerprint density at radius 2 is 1.83 bits per heavy atom. The van der Waals surface area contributed by atoms with Crippen molar-refractivity contribution in [2.24, 2.45) is 0 Å². The van der Waals surface area contributed by atoms with Crippen LogP contribution in [0.5, 0.6) is 5.75 Å². The van der Waals surface area contributed by atoms with Gasteiger partial charge in [0.05, 0.1) is 6.61 Å². The molecular formula is C20H23NO2. The zero-order chi connectivity index (χ0) is 16.3. The lowest BCUT2D eigenvalue weighted by atomic mass is 10.1. The third-order valence-corrected chi connectivity index (χ3v) is 3.35. The van der Waals surface area contributed by atoms with E-state index in [1.54, 1.807) is 12.2 Å². The van der Waals surface area contributed by atoms with Gasteiger partial charge in [0.25, 0.3) is 0 Å². The molecule has 23 heavy (non-hydrogen) atoms. The smallest absolute Gasteiger partial charge is 0.244 e. The van der Waals surface area contributed by atoms with Gasteiger partial charge in [0.1, 0.15) is 5.75 Å². The summed E-state index contributed by atoms with van der Waals surface area (Å²) in [5, 5.41) is 2.90. The normalized spacial score (nSPS) is 10.7. The van der Waals surface area contributed by atoms with E-state index in [2.05, 4.69) is 24.4 Å². The molecule has 120 valence electrons. The first-order valence-corrected chi connectivity index (χ1v) is 8.01. The predicted octanol–water partition coefficient (Wildman–Crippen LogP) is 3.85. The number of rotatable bonds is 8. The molecule has 0 saturated heterocycles. The Balaban J connectivity index is 1.84. The topological polar surface area (TPSA) is 38.3 Å². The molecule has 2 rings (SSSR count). The monoisotopic (exact) mass is 309 g/mol. The van der Waals surface area contributed by atoms with Gasteiger partial charge in [-0.25, -0.2) is 0 Å². The third-order valence-electron chi connectivity index (χ3n) is 3.35. The number of carbonyl (C=O) groups excluding carboxylic acids is 1. The van der Waals surface area contributed by atoms with Crippen molar-refractivity contribution in [2.75, 3.05) is 13.2 Å². The van der Waals surface area contributed by atoms with Crippen molar-refractivity contribution in [1.29, 1.82) is 0 Å². The fourth-order valence-electron chi connectivity index (χ4n) is 2.16. The molecule has 2 aromatic rings. The molecule has 0 unspecified atom stereocenters. The summed E-state index contributed by atoms with van der Waals surface area (Å²) in [6, 6.07) is 17.8. The van der Waals surface area contributed by atoms with Crippen LogP contribution in [0.4, 0.5) is 0 Å². The largest absolute Gasteiger partial charge is 0.493 e. The highest BCUT2D eigenvalue weighted by Gasteiger charge is 2.01. The van der Waals surface area contributed by atoms with Crippen molar-refractivity contribution in [3.63, 3.8) is 0 Å². The molecule has 1 N–H and O–H groups in total. The summed E-state index contributed by atoms with van der Waals surface area (Å²) in [4.78, 5) is 11.9. The van der Waals surface area contributed by atoms with E-state index in [-0.39, 0.29) is 5.91 Å². The Morgan fingerprint density at radius 1 is 1.09 bits per heavy atom. The standard InChI is InChI=1S/C20H23NO2/c1-2-16-23-19-11-7-6-10-18(19)12-13-20(22)21-15-14-17-8-4-3-5-9-17/h3-13H,2,14-16H2,1H3,(H,21,22)/b13-12+. The summed E-state index contributed by atoms with van der Waals surface area (Å²) in [5.41, 5.74) is 2.13. The predicted molar refractivity (Wildman–Crippen MR) is 94.4 cm³/mol. The van der Waals surface area contributed by atoms with Crippen LogP contribution < -0.4 is 10.1 Å². The van der Waals surface area contributed by atoms with Crippen molar-refractivity contribution in [3.05, 3.63) is 71.8 Å². The van der Waals surface area contributed by atoms with Gasteiger partial charge in [0.15, 0.2) is 0 Å². The molecule has 0 aliphatic heterocycles. The quantitative estimate of drug-likeness (QED) is 0.752. The summed E-state index contributed by atoms with van der Waals surface area (Å²) in [6.45, 7) is 3.37. The van der Waals surface area contributed by atoms with Gasteiger partial charge in [-0.05, 0) is 30.5 Å². The van der Waals surface area contributed by atoms with Gasteiger partial charge in [-0.1, -0.05) is 55.5 Å². The maximum absolute atomic E-state index is 11.9. The van der Waals surface area contributed by atoms with Crippen LogP contribution in [-0.4, -0.2) is 19.1 Å². The van der Waals surface area contributed by atoms with Crippen molar-refractivity contribution < 1.29 is 9.53 Å². The molecule has 0 aliphatic carbocycles. The van der Waals surface area contributed by atoms with Crippen LogP contribution in [0.15, 0.2) is 60.7 Å². The molecule has 0 heterocycles. The highest BCUT2D eigenvalue weighted by molar-refractivity contribution is 5.92. The summed E-state index contributed by atoms with van der Waals surface area (Å²) in [7, 11) is 0. The van der Waals surface area contributed by atoms with Gasteiger partial charge in [-0.2, -0.15) is 0 Å². The number of ether oxygens (including phenoxy) is 1. The third kappa shape index (κ3) is 5.99. The van der Waals surface area contributed by atoms with E-state index in [1.807, 2.05) is 42.5 Å². The van der Waals surface area contributed by atoms with Crippen LogP contribution in [0.3, 0.4) is 0 Å². The Kier molecular flexibility index (Phi) is 6.92. The van der Waals surface area contributed by atoms with E-state index < -0.39 is 0 Å². The van der Waals surface area contributed by atoms with Crippen molar-refractivity contribution in [3.8, 4) is 5.75 Å². The highest BCUT2D eigenvalue weighted by Crippen LogP contribution is 2.19. The lowest BCUT2D eigenvalue weighted by molar-refractivity contribution is -0.116. The molecular weight excluding hydrogens is 286 g/mol. The first-order valence-electron chi connectivity index (χ1n) is 8.01. The van der Waals surface area contributed by atoms with Crippen LogP contribution in [0.25, 0.3) is 6.08 Å². The SMILES string of the molecule is CCCOc1ccccc1/C=C/C(=O)NCCc1ccccc1. The number of carbonyl (C=O) groups is 1. The van der Waals surface area contributed by atoms with Crippen LogP contribution in [0.1, 0.15) is 24.5 Å². The highest BCUT2D eigenvalue weighted by atomic mass is 16.5. The van der Waals surface area contributed by atoms with Gasteiger partial charge < -0.3 is 10.1 Å². The van der Waals surface area contributed by atoms with Gasteiger partial charge in [-0.3, -0.25) is 4.79 Å². The molecule has 3 nitrogen and oxygen atoms in total. The number of hydrogen-bond donors (Lipinski definition) is 1. The molecule has 0 aliphatic rings. The number of nitrogens with one attached hydrogen (secondary N) is 1. The Labute approximate surface area is 138 Å². The average Bonchev–Trinajstić information content (AvgIpc) is 2.60. The van der Waals surface area contributed by atoms with Gasteiger partial charge in [-0.15, -0.1) is 0 Å². The lowest BCUT2D eigenvalue weighted by Gasteiger charge is -2.07. The maximum atomic E-state index is 11.9. The summed E-state index contributed by atoms with van der Waals surface area (Å²) in [5.74, 6) is 0.717. The number of para-hydroxylation sites is 1. The Morgan fingerprint density at radius 3 is 2.61 bits per heavy atom. The van der Waals surface area contributed by atoms with Gasteiger partial charge in [0, 0.05) is 18.2 Å². The molecule has 0 atom stereocenters. The number of amides is 1. The lowest BCUT2D eigenvalue weighted by Crippen LogP contribution is -2.23. The first kappa shape index (κ1) is 16.8.